The number of hydrogen-bond donors (Lipinski definition) is 3. The van der Waals surface area contributed by atoms with Gasteiger partial charge in [-0.3, -0.25) is 9.36 Å². The van der Waals surface area contributed by atoms with Crippen molar-refractivity contribution >= 4 is 29.3 Å². The van der Waals surface area contributed by atoms with E-state index in [0.29, 0.717) is 6.54 Å². The van der Waals surface area contributed by atoms with Gasteiger partial charge in [0.2, 0.25) is 5.91 Å². The average Bonchev–Trinajstić information content (AvgIpc) is 2.88. The molecular weight excluding hydrogens is 330 g/mol. The molecule has 132 valence electrons. The van der Waals surface area contributed by atoms with Crippen molar-refractivity contribution in [3.63, 3.8) is 0 Å². The van der Waals surface area contributed by atoms with Crippen LogP contribution in [0.1, 0.15) is 6.42 Å². The van der Waals surface area contributed by atoms with Gasteiger partial charge in [0.05, 0.1) is 11.0 Å². The highest BCUT2D eigenvalue weighted by Gasteiger charge is 2.11. The van der Waals surface area contributed by atoms with E-state index in [1.807, 2.05) is 24.3 Å². The molecule has 8 heteroatoms. The Morgan fingerprint density at radius 3 is 2.75 bits per heavy atom. The van der Waals surface area contributed by atoms with Gasteiger partial charge in [0, 0.05) is 32.7 Å². The van der Waals surface area contributed by atoms with Crippen LogP contribution in [0.2, 0.25) is 0 Å². The third-order valence-corrected chi connectivity index (χ3v) is 4.17. The maximum absolute atomic E-state index is 12.0. The number of imidazole rings is 1. The molecule has 0 saturated carbocycles. The number of para-hydroxylation sites is 2. The van der Waals surface area contributed by atoms with Crippen LogP contribution in [-0.2, 0) is 11.3 Å². The summed E-state index contributed by atoms with van der Waals surface area (Å²) in [6.07, 6.45) is 0.925. The molecule has 1 saturated heterocycles. The Kier molecular flexibility index (Phi) is 6.84. The van der Waals surface area contributed by atoms with Gasteiger partial charge in [-0.15, -0.1) is 12.4 Å². The predicted molar refractivity (Wildman–Crippen MR) is 96.7 cm³/mol. The molecule has 1 aliphatic rings. The number of nitrogens with zero attached hydrogens (tertiary/aromatic N) is 2. The minimum absolute atomic E-state index is 0. The number of piperazine rings is 1. The number of fused-ring (bicyclic) bond motifs is 1. The van der Waals surface area contributed by atoms with Gasteiger partial charge in [0.1, 0.15) is 6.54 Å². The van der Waals surface area contributed by atoms with Crippen LogP contribution in [-0.4, -0.2) is 59.6 Å². The zero-order valence-electron chi connectivity index (χ0n) is 13.6. The van der Waals surface area contributed by atoms with Crippen LogP contribution >= 0.6 is 12.4 Å². The molecule has 0 spiro atoms. The smallest absolute Gasteiger partial charge is 0.326 e. The lowest BCUT2D eigenvalue weighted by Gasteiger charge is -2.27. The Morgan fingerprint density at radius 1 is 1.21 bits per heavy atom. The third kappa shape index (κ3) is 4.59. The number of aromatic nitrogens is 2. The first-order valence-electron chi connectivity index (χ1n) is 8.11. The van der Waals surface area contributed by atoms with E-state index >= 15 is 0 Å². The molecule has 0 radical (unpaired) electrons. The summed E-state index contributed by atoms with van der Waals surface area (Å²) in [4.78, 5) is 29.1. The van der Waals surface area contributed by atoms with Gasteiger partial charge in [0.15, 0.2) is 0 Å². The van der Waals surface area contributed by atoms with Crippen molar-refractivity contribution in [3.8, 4) is 0 Å². The lowest BCUT2D eigenvalue weighted by Crippen LogP contribution is -2.44. The molecular formula is C16H24ClN5O2. The van der Waals surface area contributed by atoms with Gasteiger partial charge in [-0.05, 0) is 25.1 Å². The molecule has 2 heterocycles. The highest BCUT2D eigenvalue weighted by Crippen LogP contribution is 2.08. The fourth-order valence-corrected chi connectivity index (χ4v) is 2.93. The summed E-state index contributed by atoms with van der Waals surface area (Å²) >= 11 is 0. The molecule has 2 aromatic rings. The number of carbonyl (C=O) groups excluding carboxylic acids is 1. The van der Waals surface area contributed by atoms with Crippen LogP contribution in [0.4, 0.5) is 0 Å². The van der Waals surface area contributed by atoms with Crippen molar-refractivity contribution in [2.24, 2.45) is 0 Å². The summed E-state index contributed by atoms with van der Waals surface area (Å²) in [5.41, 5.74) is 1.26. The Hall–Kier alpha value is -1.83. The van der Waals surface area contributed by atoms with Crippen LogP contribution in [0.25, 0.3) is 11.0 Å². The number of benzene rings is 1. The minimum atomic E-state index is -0.248. The van der Waals surface area contributed by atoms with Gasteiger partial charge in [-0.2, -0.15) is 0 Å². The minimum Gasteiger partial charge on any atom is -0.354 e. The summed E-state index contributed by atoms with van der Waals surface area (Å²) in [5.74, 6) is -0.128. The largest absolute Gasteiger partial charge is 0.354 e. The molecule has 1 aromatic heterocycles. The monoisotopic (exact) mass is 353 g/mol. The van der Waals surface area contributed by atoms with E-state index in [1.54, 1.807) is 0 Å². The van der Waals surface area contributed by atoms with Gasteiger partial charge < -0.3 is 20.5 Å². The zero-order valence-corrected chi connectivity index (χ0v) is 14.4. The van der Waals surface area contributed by atoms with Crippen LogP contribution in [0.5, 0.6) is 0 Å². The van der Waals surface area contributed by atoms with Crippen LogP contribution in [0, 0.1) is 0 Å². The average molecular weight is 354 g/mol. The molecule has 3 N–H and O–H groups in total. The Labute approximate surface area is 146 Å². The third-order valence-electron chi connectivity index (χ3n) is 4.17. The van der Waals surface area contributed by atoms with Crippen LogP contribution < -0.4 is 16.3 Å². The molecule has 0 atom stereocenters. The highest BCUT2D eigenvalue weighted by molar-refractivity contribution is 5.85. The second kappa shape index (κ2) is 8.86. The normalized spacial score (nSPS) is 15.2. The molecule has 24 heavy (non-hydrogen) atoms. The summed E-state index contributed by atoms with van der Waals surface area (Å²) in [5, 5.41) is 6.22. The van der Waals surface area contributed by atoms with E-state index in [4.69, 9.17) is 0 Å². The lowest BCUT2D eigenvalue weighted by atomic mass is 10.3. The molecule has 0 bridgehead atoms. The van der Waals surface area contributed by atoms with Crippen molar-refractivity contribution in [1.82, 2.24) is 25.1 Å². The van der Waals surface area contributed by atoms with Gasteiger partial charge >= 0.3 is 5.69 Å². The number of nitrogens with one attached hydrogen (secondary N) is 3. The van der Waals surface area contributed by atoms with E-state index in [0.717, 1.165) is 50.2 Å². The standard InChI is InChI=1S/C16H23N5O2.ClH/c22-15(18-6-3-9-20-10-7-17-8-11-20)12-21-14-5-2-1-4-13(14)19-16(21)23;/h1-2,4-5,17H,3,6-12H2,(H,18,22)(H,19,23);1H. The fraction of sp³-hybridized carbons (Fsp3) is 0.500. The van der Waals surface area contributed by atoms with E-state index < -0.39 is 0 Å². The van der Waals surface area contributed by atoms with Crippen molar-refractivity contribution in [3.05, 3.63) is 34.7 Å². The highest BCUT2D eigenvalue weighted by atomic mass is 35.5. The molecule has 3 rings (SSSR count). The molecule has 1 aliphatic heterocycles. The van der Waals surface area contributed by atoms with E-state index in [1.165, 1.54) is 4.57 Å². The summed E-state index contributed by atoms with van der Waals surface area (Å²) in [6, 6.07) is 7.39. The summed E-state index contributed by atoms with van der Waals surface area (Å²) < 4.78 is 1.47. The topological polar surface area (TPSA) is 82.2 Å². The number of hydrogen-bond acceptors (Lipinski definition) is 4. The second-order valence-electron chi connectivity index (χ2n) is 5.83. The van der Waals surface area contributed by atoms with Gasteiger partial charge in [-0.1, -0.05) is 12.1 Å². The number of aromatic amines is 1. The quantitative estimate of drug-likeness (QED) is 0.646. The first-order chi connectivity index (χ1) is 11.2. The van der Waals surface area contributed by atoms with Gasteiger partial charge in [-0.25, -0.2) is 4.79 Å². The van der Waals surface area contributed by atoms with Crippen molar-refractivity contribution in [2.45, 2.75) is 13.0 Å². The number of halogens is 1. The Balaban J connectivity index is 0.00000208. The first-order valence-corrected chi connectivity index (χ1v) is 8.11. The van der Waals surface area contributed by atoms with Crippen molar-refractivity contribution < 1.29 is 4.79 Å². The van der Waals surface area contributed by atoms with Crippen molar-refractivity contribution in [1.29, 1.82) is 0 Å². The number of rotatable bonds is 6. The first kappa shape index (κ1) is 18.5. The van der Waals surface area contributed by atoms with E-state index in [2.05, 4.69) is 20.5 Å². The zero-order chi connectivity index (χ0) is 16.1. The molecule has 1 amide bonds. The summed E-state index contributed by atoms with van der Waals surface area (Å²) in [7, 11) is 0. The van der Waals surface area contributed by atoms with Crippen molar-refractivity contribution in [2.75, 3.05) is 39.3 Å². The SMILES string of the molecule is Cl.O=C(Cn1c(=O)[nH]c2ccccc21)NCCCN1CCNCC1. The molecule has 1 aromatic carbocycles. The summed E-state index contributed by atoms with van der Waals surface area (Å²) in [6.45, 7) is 5.90. The second-order valence-corrected chi connectivity index (χ2v) is 5.83. The Morgan fingerprint density at radius 2 is 1.96 bits per heavy atom. The van der Waals surface area contributed by atoms with Crippen LogP contribution in [0.15, 0.2) is 29.1 Å². The van der Waals surface area contributed by atoms with Gasteiger partial charge in [0.25, 0.3) is 0 Å². The lowest BCUT2D eigenvalue weighted by molar-refractivity contribution is -0.121. The van der Waals surface area contributed by atoms with E-state index in [-0.39, 0.29) is 30.5 Å². The number of carbonyl (C=O) groups is 1. The van der Waals surface area contributed by atoms with Crippen LogP contribution in [0.3, 0.4) is 0 Å². The molecule has 1 fully saturated rings. The molecule has 0 unspecified atom stereocenters. The maximum atomic E-state index is 12.0. The number of H-pyrrole nitrogens is 1. The Bertz CT molecular complexity index is 721. The molecule has 7 nitrogen and oxygen atoms in total. The predicted octanol–water partition coefficient (Wildman–Crippen LogP) is 0.163. The fourth-order valence-electron chi connectivity index (χ4n) is 2.93. The number of amides is 1. The maximum Gasteiger partial charge on any atom is 0.326 e. The molecule has 0 aliphatic carbocycles. The van der Waals surface area contributed by atoms with E-state index in [9.17, 15) is 9.59 Å².